The highest BCUT2D eigenvalue weighted by atomic mass is 16.5. The highest BCUT2D eigenvalue weighted by Crippen LogP contribution is 2.27. The zero-order valence-corrected chi connectivity index (χ0v) is 11.1. The van der Waals surface area contributed by atoms with Crippen molar-refractivity contribution in [3.05, 3.63) is 35.9 Å². The van der Waals surface area contributed by atoms with Crippen molar-refractivity contribution in [1.82, 2.24) is 15.0 Å². The number of nitrogens with zero attached hydrogens (tertiary/aromatic N) is 3. The number of rotatable bonds is 5. The number of carbonyl (C=O) groups excluding carboxylic acids is 1. The van der Waals surface area contributed by atoms with Gasteiger partial charge in [0.2, 0.25) is 5.89 Å². The molecule has 106 valence electrons. The topological polar surface area (TPSA) is 81.6 Å². The molecule has 0 unspecified atom stereocenters. The number of carbonyl (C=O) groups is 1. The van der Waals surface area contributed by atoms with Gasteiger partial charge in [-0.1, -0.05) is 5.16 Å². The summed E-state index contributed by atoms with van der Waals surface area (Å²) in [7, 11) is 1.63. The van der Waals surface area contributed by atoms with Crippen LogP contribution < -0.4 is 0 Å². The summed E-state index contributed by atoms with van der Waals surface area (Å²) in [6, 6.07) is 1.66. The van der Waals surface area contributed by atoms with E-state index in [0.29, 0.717) is 43.4 Å². The Hall–Kier alpha value is -2.15. The van der Waals surface area contributed by atoms with E-state index in [1.54, 1.807) is 18.1 Å². The van der Waals surface area contributed by atoms with Gasteiger partial charge in [-0.15, -0.1) is 0 Å². The number of ether oxygens (including phenoxy) is 1. The summed E-state index contributed by atoms with van der Waals surface area (Å²) >= 11 is 0. The molecule has 0 atom stereocenters. The van der Waals surface area contributed by atoms with Crippen molar-refractivity contribution in [3.63, 3.8) is 0 Å². The van der Waals surface area contributed by atoms with Crippen LogP contribution in [0.3, 0.4) is 0 Å². The molecule has 0 spiro atoms. The highest BCUT2D eigenvalue weighted by Gasteiger charge is 2.36. The number of hydrogen-bond acceptors (Lipinski definition) is 6. The van der Waals surface area contributed by atoms with Crippen LogP contribution in [0, 0.1) is 0 Å². The van der Waals surface area contributed by atoms with Crippen molar-refractivity contribution in [1.29, 1.82) is 0 Å². The molecule has 7 heteroatoms. The van der Waals surface area contributed by atoms with Crippen LogP contribution in [0.25, 0.3) is 0 Å². The van der Waals surface area contributed by atoms with Crippen LogP contribution in [0.4, 0.5) is 0 Å². The maximum atomic E-state index is 12.0. The van der Waals surface area contributed by atoms with Gasteiger partial charge in [-0.2, -0.15) is 4.98 Å². The first kappa shape index (κ1) is 12.9. The van der Waals surface area contributed by atoms with E-state index in [4.69, 9.17) is 13.7 Å². The number of amides is 1. The molecule has 3 heterocycles. The Morgan fingerprint density at radius 3 is 3.10 bits per heavy atom. The molecule has 0 aliphatic carbocycles. The average molecular weight is 277 g/mol. The van der Waals surface area contributed by atoms with Crippen LogP contribution in [-0.2, 0) is 11.2 Å². The summed E-state index contributed by atoms with van der Waals surface area (Å²) in [5, 5.41) is 3.89. The minimum atomic E-state index is -0.0332. The first-order valence-electron chi connectivity index (χ1n) is 6.41. The van der Waals surface area contributed by atoms with Crippen molar-refractivity contribution in [2.24, 2.45) is 0 Å². The molecule has 1 fully saturated rings. The monoisotopic (exact) mass is 277 g/mol. The third kappa shape index (κ3) is 2.44. The van der Waals surface area contributed by atoms with E-state index in [9.17, 15) is 4.79 Å². The average Bonchev–Trinajstić information content (AvgIpc) is 3.06. The molecular formula is C13H15N3O4. The minimum Gasteiger partial charge on any atom is -0.472 e. The van der Waals surface area contributed by atoms with Gasteiger partial charge >= 0.3 is 0 Å². The van der Waals surface area contributed by atoms with Gasteiger partial charge in [-0.25, -0.2) is 0 Å². The van der Waals surface area contributed by atoms with Crippen molar-refractivity contribution in [2.45, 2.75) is 12.3 Å². The van der Waals surface area contributed by atoms with Crippen LogP contribution in [0.1, 0.15) is 28.0 Å². The Morgan fingerprint density at radius 1 is 1.55 bits per heavy atom. The van der Waals surface area contributed by atoms with Crippen LogP contribution >= 0.6 is 0 Å². The summed E-state index contributed by atoms with van der Waals surface area (Å²) < 4.78 is 15.1. The second-order valence-electron chi connectivity index (χ2n) is 4.71. The molecule has 1 saturated heterocycles. The number of aromatic nitrogens is 2. The molecule has 20 heavy (non-hydrogen) atoms. The van der Waals surface area contributed by atoms with Crippen molar-refractivity contribution < 1.29 is 18.5 Å². The van der Waals surface area contributed by atoms with Crippen LogP contribution in [0.5, 0.6) is 0 Å². The van der Waals surface area contributed by atoms with Gasteiger partial charge in [0.15, 0.2) is 5.82 Å². The number of furan rings is 1. The molecular weight excluding hydrogens is 262 g/mol. The summed E-state index contributed by atoms with van der Waals surface area (Å²) in [5.41, 5.74) is 0.565. The molecule has 1 aliphatic heterocycles. The van der Waals surface area contributed by atoms with Crippen molar-refractivity contribution in [3.8, 4) is 0 Å². The third-order valence-corrected chi connectivity index (χ3v) is 3.30. The van der Waals surface area contributed by atoms with E-state index < -0.39 is 0 Å². The largest absolute Gasteiger partial charge is 0.472 e. The number of hydrogen-bond donors (Lipinski definition) is 0. The van der Waals surface area contributed by atoms with E-state index in [1.165, 1.54) is 12.5 Å². The first-order chi connectivity index (χ1) is 9.78. The number of methoxy groups -OCH3 is 1. The quantitative estimate of drug-likeness (QED) is 0.813. The SMILES string of the molecule is COCCc1noc(C2CN(C(=O)c3ccoc3)C2)n1. The van der Waals surface area contributed by atoms with Gasteiger partial charge in [-0.05, 0) is 6.07 Å². The Morgan fingerprint density at radius 2 is 2.40 bits per heavy atom. The van der Waals surface area contributed by atoms with Gasteiger partial charge in [0, 0.05) is 26.6 Å². The maximum absolute atomic E-state index is 12.0. The fourth-order valence-electron chi connectivity index (χ4n) is 2.10. The molecule has 0 bridgehead atoms. The molecule has 0 N–H and O–H groups in total. The third-order valence-electron chi connectivity index (χ3n) is 3.30. The Labute approximate surface area is 115 Å². The second-order valence-corrected chi connectivity index (χ2v) is 4.71. The maximum Gasteiger partial charge on any atom is 0.257 e. The first-order valence-corrected chi connectivity index (χ1v) is 6.41. The number of likely N-dealkylation sites (tertiary alicyclic amines) is 1. The molecule has 1 aliphatic rings. The van der Waals surface area contributed by atoms with E-state index in [2.05, 4.69) is 10.1 Å². The minimum absolute atomic E-state index is 0.0332. The van der Waals surface area contributed by atoms with Gasteiger partial charge in [0.05, 0.1) is 24.4 Å². The van der Waals surface area contributed by atoms with Gasteiger partial charge in [0.1, 0.15) is 6.26 Å². The predicted octanol–water partition coefficient (Wildman–Crippen LogP) is 1.09. The Kier molecular flexibility index (Phi) is 3.51. The standard InChI is InChI=1S/C13H15N3O4/c1-18-4-3-11-14-12(20-15-11)10-6-16(7-10)13(17)9-2-5-19-8-9/h2,5,8,10H,3-4,6-7H2,1H3. The molecule has 0 aromatic carbocycles. The molecule has 3 rings (SSSR count). The fraction of sp³-hybridized carbons (Fsp3) is 0.462. The lowest BCUT2D eigenvalue weighted by Gasteiger charge is -2.36. The van der Waals surface area contributed by atoms with Crippen LogP contribution in [-0.4, -0.2) is 47.8 Å². The fourth-order valence-corrected chi connectivity index (χ4v) is 2.10. The molecule has 1 amide bonds. The van der Waals surface area contributed by atoms with E-state index in [1.807, 2.05) is 0 Å². The van der Waals surface area contributed by atoms with Gasteiger partial charge in [-0.3, -0.25) is 4.79 Å². The molecule has 0 saturated carbocycles. The summed E-state index contributed by atoms with van der Waals surface area (Å²) in [6.45, 7) is 1.75. The molecule has 2 aromatic rings. The second kappa shape index (κ2) is 5.46. The normalized spacial score (nSPS) is 15.3. The lowest BCUT2D eigenvalue weighted by Crippen LogP contribution is -2.48. The molecule has 0 radical (unpaired) electrons. The summed E-state index contributed by atoms with van der Waals surface area (Å²) in [4.78, 5) is 18.0. The predicted molar refractivity (Wildman–Crippen MR) is 67.2 cm³/mol. The molecule has 2 aromatic heterocycles. The highest BCUT2D eigenvalue weighted by molar-refractivity contribution is 5.94. The van der Waals surface area contributed by atoms with Crippen LogP contribution in [0.2, 0.25) is 0 Å². The Balaban J connectivity index is 1.55. The summed E-state index contributed by atoms with van der Waals surface area (Å²) in [5.74, 6) is 1.32. The van der Waals surface area contributed by atoms with E-state index in [-0.39, 0.29) is 11.8 Å². The van der Waals surface area contributed by atoms with Crippen LogP contribution in [0.15, 0.2) is 27.5 Å². The van der Waals surface area contributed by atoms with Gasteiger partial charge in [0.25, 0.3) is 5.91 Å². The van der Waals surface area contributed by atoms with E-state index >= 15 is 0 Å². The van der Waals surface area contributed by atoms with Crippen molar-refractivity contribution >= 4 is 5.91 Å². The zero-order chi connectivity index (χ0) is 13.9. The Bertz CT molecular complexity index is 572. The lowest BCUT2D eigenvalue weighted by atomic mass is 9.99. The lowest BCUT2D eigenvalue weighted by molar-refractivity contribution is 0.0568. The molecule has 7 nitrogen and oxygen atoms in total. The van der Waals surface area contributed by atoms with E-state index in [0.717, 1.165) is 0 Å². The van der Waals surface area contributed by atoms with Crippen molar-refractivity contribution in [2.75, 3.05) is 26.8 Å². The summed E-state index contributed by atoms with van der Waals surface area (Å²) in [6.07, 6.45) is 3.57. The zero-order valence-electron chi connectivity index (χ0n) is 11.1. The van der Waals surface area contributed by atoms with Gasteiger partial charge < -0.3 is 18.6 Å². The smallest absolute Gasteiger partial charge is 0.257 e.